The molecule has 0 fully saturated rings. The lowest BCUT2D eigenvalue weighted by molar-refractivity contribution is -0.115. The largest absolute Gasteiger partial charge is 0.319 e. The number of carbonyl (C=O) groups is 1. The molecule has 8 heteroatoms. The van der Waals surface area contributed by atoms with E-state index in [0.717, 1.165) is 49.0 Å². The third-order valence-corrected chi connectivity index (χ3v) is 7.72. The molecule has 0 bridgehead atoms. The van der Waals surface area contributed by atoms with Gasteiger partial charge in [0.25, 0.3) is 5.56 Å². The van der Waals surface area contributed by atoms with Crippen molar-refractivity contribution in [3.05, 3.63) is 69.3 Å². The molecule has 0 radical (unpaired) electrons. The van der Waals surface area contributed by atoms with Crippen LogP contribution in [0.5, 0.6) is 0 Å². The van der Waals surface area contributed by atoms with Gasteiger partial charge in [-0.25, -0.2) is 9.67 Å². The molecule has 7 nitrogen and oxygen atoms in total. The number of aromatic nitrogens is 3. The number of hydrogen-bond donors (Lipinski definition) is 1. The van der Waals surface area contributed by atoms with Crippen LogP contribution >= 0.6 is 11.8 Å². The fourth-order valence-corrected chi connectivity index (χ4v) is 5.33. The topological polar surface area (TPSA) is 92.7 Å². The molecule has 0 saturated carbocycles. The minimum atomic E-state index is -0.479. The zero-order chi connectivity index (χ0) is 24.2. The number of carbonyl (C=O) groups excluding carboxylic acids is 1. The van der Waals surface area contributed by atoms with Crippen molar-refractivity contribution in [2.24, 2.45) is 7.05 Å². The smallest absolute Gasteiger partial charge is 0.295 e. The Hall–Kier alpha value is -3.31. The molecule has 1 N–H and O–H groups in total. The first-order valence-corrected chi connectivity index (χ1v) is 12.6. The first-order valence-electron chi connectivity index (χ1n) is 11.7. The van der Waals surface area contributed by atoms with Crippen LogP contribution in [0.1, 0.15) is 55.1 Å². The van der Waals surface area contributed by atoms with Gasteiger partial charge in [-0.15, -0.1) is 0 Å². The molecule has 1 amide bonds. The van der Waals surface area contributed by atoms with Crippen molar-refractivity contribution < 1.29 is 4.79 Å². The van der Waals surface area contributed by atoms with Gasteiger partial charge in [-0.2, -0.15) is 5.26 Å². The number of rotatable bonds is 6. The molecule has 1 aliphatic carbocycles. The molecule has 1 atom stereocenters. The minimum Gasteiger partial charge on any atom is -0.319 e. The molecule has 0 spiro atoms. The van der Waals surface area contributed by atoms with Crippen LogP contribution in [0.15, 0.2) is 46.2 Å². The Balaban J connectivity index is 1.60. The number of benzene rings is 1. The van der Waals surface area contributed by atoms with E-state index >= 15 is 0 Å². The summed E-state index contributed by atoms with van der Waals surface area (Å²) in [4.78, 5) is 31.2. The van der Waals surface area contributed by atoms with Crippen LogP contribution in [0.2, 0.25) is 0 Å². The monoisotopic (exact) mass is 475 g/mol. The Morgan fingerprint density at radius 2 is 1.97 bits per heavy atom. The van der Waals surface area contributed by atoms with Gasteiger partial charge >= 0.3 is 0 Å². The third kappa shape index (κ3) is 4.66. The number of hydrogen-bond acceptors (Lipinski definition) is 5. The lowest BCUT2D eigenvalue weighted by Gasteiger charge is -2.16. The van der Waals surface area contributed by atoms with Crippen molar-refractivity contribution in [3.63, 3.8) is 0 Å². The first kappa shape index (κ1) is 23.8. The molecule has 34 heavy (non-hydrogen) atoms. The molecule has 0 saturated heterocycles. The van der Waals surface area contributed by atoms with E-state index in [1.807, 2.05) is 50.2 Å². The predicted molar refractivity (Wildman–Crippen MR) is 135 cm³/mol. The Morgan fingerprint density at radius 3 is 2.68 bits per heavy atom. The zero-order valence-corrected chi connectivity index (χ0v) is 20.6. The maximum atomic E-state index is 13.3. The summed E-state index contributed by atoms with van der Waals surface area (Å²) < 4.78 is 3.28. The molecule has 1 aromatic carbocycles. The Bertz CT molecular complexity index is 1300. The minimum absolute atomic E-state index is 0.265. The van der Waals surface area contributed by atoms with Crippen molar-refractivity contribution in [1.82, 2.24) is 14.3 Å². The lowest BCUT2D eigenvalue weighted by atomic mass is 10.1. The van der Waals surface area contributed by atoms with Crippen LogP contribution in [-0.2, 0) is 24.7 Å². The summed E-state index contributed by atoms with van der Waals surface area (Å²) in [6.45, 7) is 3.74. The van der Waals surface area contributed by atoms with Crippen molar-refractivity contribution in [2.45, 2.75) is 62.6 Å². The summed E-state index contributed by atoms with van der Waals surface area (Å²) in [5, 5.41) is 12.7. The second-order valence-corrected chi connectivity index (χ2v) is 9.75. The number of thioether (sulfide) groups is 1. The predicted octanol–water partition coefficient (Wildman–Crippen LogP) is 4.53. The van der Waals surface area contributed by atoms with Gasteiger partial charge in [-0.05, 0) is 62.8 Å². The van der Waals surface area contributed by atoms with Gasteiger partial charge in [0.15, 0.2) is 0 Å². The van der Waals surface area contributed by atoms with Gasteiger partial charge in [0, 0.05) is 12.7 Å². The van der Waals surface area contributed by atoms with Gasteiger partial charge in [0.1, 0.15) is 16.8 Å². The Labute approximate surface area is 203 Å². The number of nitrogens with one attached hydrogen (secondary N) is 1. The molecule has 1 aliphatic rings. The van der Waals surface area contributed by atoms with Crippen LogP contribution in [0.25, 0.3) is 5.69 Å². The van der Waals surface area contributed by atoms with Gasteiger partial charge in [-0.1, -0.05) is 43.3 Å². The Morgan fingerprint density at radius 1 is 1.24 bits per heavy atom. The quantitative estimate of drug-likeness (QED) is 0.418. The molecular formula is C26H29N5O2S. The number of pyridine rings is 1. The van der Waals surface area contributed by atoms with E-state index < -0.39 is 5.25 Å². The molecule has 2 aromatic heterocycles. The summed E-state index contributed by atoms with van der Waals surface area (Å²) in [5.41, 5.74) is 4.09. The summed E-state index contributed by atoms with van der Waals surface area (Å²) in [5.74, 6) is -0.265. The highest BCUT2D eigenvalue weighted by atomic mass is 32.2. The summed E-state index contributed by atoms with van der Waals surface area (Å²) in [7, 11) is 1.80. The maximum Gasteiger partial charge on any atom is 0.295 e. The van der Waals surface area contributed by atoms with Crippen LogP contribution in [0.4, 0.5) is 5.69 Å². The van der Waals surface area contributed by atoms with E-state index in [0.29, 0.717) is 22.7 Å². The van der Waals surface area contributed by atoms with Crippen LogP contribution in [-0.4, -0.2) is 25.5 Å². The molecule has 0 aliphatic heterocycles. The number of aryl methyl sites for hydroxylation is 2. The maximum absolute atomic E-state index is 13.3. The summed E-state index contributed by atoms with van der Waals surface area (Å²) in [6.07, 6.45) is 5.76. The fraction of sp³-hybridized carbons (Fsp3) is 0.385. The van der Waals surface area contributed by atoms with Crippen molar-refractivity contribution in [3.8, 4) is 11.8 Å². The number of amides is 1. The molecular weight excluding hydrogens is 446 g/mol. The van der Waals surface area contributed by atoms with Crippen LogP contribution in [0.3, 0.4) is 0 Å². The highest BCUT2D eigenvalue weighted by Crippen LogP contribution is 2.31. The van der Waals surface area contributed by atoms with Gasteiger partial charge in [0.2, 0.25) is 5.91 Å². The van der Waals surface area contributed by atoms with Crippen molar-refractivity contribution in [1.29, 1.82) is 5.26 Å². The van der Waals surface area contributed by atoms with Gasteiger partial charge < -0.3 is 5.32 Å². The third-order valence-electron chi connectivity index (χ3n) is 6.36. The molecule has 176 valence electrons. The molecule has 2 heterocycles. The van der Waals surface area contributed by atoms with Crippen molar-refractivity contribution >= 4 is 23.4 Å². The summed E-state index contributed by atoms with van der Waals surface area (Å²) in [6, 6.07) is 13.5. The standard InChI is InChI=1S/C26H29N5O2S/c1-4-22(34-25-19(16-27)15-18-11-7-5-10-14-21(18)28-25)24(32)29-23-17(2)30(3)31(26(23)33)20-12-8-6-9-13-20/h6,8-9,12-13,15,22H,4-5,7,10-11,14H2,1-3H3,(H,29,32). The van der Waals surface area contributed by atoms with Crippen LogP contribution in [0, 0.1) is 18.3 Å². The lowest BCUT2D eigenvalue weighted by Crippen LogP contribution is -2.28. The van der Waals surface area contributed by atoms with Crippen LogP contribution < -0.4 is 10.9 Å². The average molecular weight is 476 g/mol. The van der Waals surface area contributed by atoms with E-state index in [4.69, 9.17) is 4.98 Å². The van der Waals surface area contributed by atoms with E-state index in [2.05, 4.69) is 11.4 Å². The zero-order valence-electron chi connectivity index (χ0n) is 19.8. The molecule has 3 aromatic rings. The van der Waals surface area contributed by atoms with E-state index in [1.165, 1.54) is 11.8 Å². The first-order chi connectivity index (χ1) is 16.4. The molecule has 4 rings (SSSR count). The SMILES string of the molecule is CCC(Sc1nc2c(cc1C#N)CCCCC2)C(=O)Nc1c(C)n(C)n(-c2ccccc2)c1=O. The molecule has 1 unspecified atom stereocenters. The number of para-hydroxylation sites is 1. The Kier molecular flexibility index (Phi) is 7.23. The van der Waals surface area contributed by atoms with Crippen molar-refractivity contribution in [2.75, 3.05) is 5.32 Å². The number of nitriles is 1. The average Bonchev–Trinajstić information content (AvgIpc) is 3.00. The number of anilines is 1. The normalized spacial score (nSPS) is 14.1. The fourth-order valence-electron chi connectivity index (χ4n) is 4.33. The van der Waals surface area contributed by atoms with E-state index in [-0.39, 0.29) is 17.2 Å². The van der Waals surface area contributed by atoms with E-state index in [1.54, 1.807) is 16.4 Å². The highest BCUT2D eigenvalue weighted by molar-refractivity contribution is 8.00. The summed E-state index contributed by atoms with van der Waals surface area (Å²) >= 11 is 1.30. The number of fused-ring (bicyclic) bond motifs is 1. The second kappa shape index (κ2) is 10.3. The van der Waals surface area contributed by atoms with Gasteiger partial charge in [0.05, 0.1) is 22.2 Å². The highest BCUT2D eigenvalue weighted by Gasteiger charge is 2.25. The van der Waals surface area contributed by atoms with Gasteiger partial charge in [-0.3, -0.25) is 14.3 Å². The second-order valence-electron chi connectivity index (χ2n) is 8.56. The number of nitrogens with zero attached hydrogens (tertiary/aromatic N) is 4. The van der Waals surface area contributed by atoms with E-state index in [9.17, 15) is 14.9 Å².